The molecule has 1 fully saturated rings. The molecule has 0 aromatic heterocycles. The van der Waals surface area contributed by atoms with Crippen molar-refractivity contribution in [3.8, 4) is 0 Å². The van der Waals surface area contributed by atoms with Gasteiger partial charge in [-0.25, -0.2) is 0 Å². The average Bonchev–Trinajstić information content (AvgIpc) is 2.23. The fourth-order valence-corrected chi connectivity index (χ4v) is 5.00. The van der Waals surface area contributed by atoms with E-state index in [1.165, 1.54) is 63.8 Å². The lowest BCUT2D eigenvalue weighted by Gasteiger charge is -2.27. The molecule has 0 atom stereocenters. The normalized spacial score (nSPS) is 19.4. The minimum atomic E-state index is -0.619. The highest BCUT2D eigenvalue weighted by molar-refractivity contribution is 6.66. The molecule has 0 aromatic rings. The molecule has 0 saturated carbocycles. The van der Waals surface area contributed by atoms with E-state index in [9.17, 15) is 0 Å². The third-order valence-electron chi connectivity index (χ3n) is 3.94. The maximum atomic E-state index is 4.36. The molecule has 1 aliphatic heterocycles. The van der Waals surface area contributed by atoms with Gasteiger partial charge in [-0.1, -0.05) is 50.4 Å². The van der Waals surface area contributed by atoms with E-state index in [1.54, 1.807) is 5.20 Å². The van der Waals surface area contributed by atoms with Crippen molar-refractivity contribution >= 4 is 8.80 Å². The van der Waals surface area contributed by atoms with Crippen molar-refractivity contribution < 1.29 is 0 Å². The molecular weight excluding hydrogens is 210 g/mol. The molecule has 1 saturated heterocycles. The molecule has 1 nitrogen and oxygen atoms in total. The molecular formula is C14H29NSi. The van der Waals surface area contributed by atoms with Crippen LogP contribution >= 0.6 is 0 Å². The van der Waals surface area contributed by atoms with Crippen LogP contribution in [0.1, 0.15) is 46.0 Å². The fourth-order valence-electron chi connectivity index (χ4n) is 2.75. The van der Waals surface area contributed by atoms with Crippen LogP contribution in [0.2, 0.25) is 12.1 Å². The van der Waals surface area contributed by atoms with Gasteiger partial charge in [-0.05, 0) is 25.9 Å². The maximum absolute atomic E-state index is 4.36. The molecule has 1 rings (SSSR count). The zero-order valence-corrected chi connectivity index (χ0v) is 12.5. The molecule has 0 unspecified atom stereocenters. The van der Waals surface area contributed by atoms with E-state index < -0.39 is 8.80 Å². The van der Waals surface area contributed by atoms with Crippen molar-refractivity contribution in [3.05, 3.63) is 11.8 Å². The number of hydrogen-bond donors (Lipinski definition) is 0. The SMILES string of the molecule is C=C(CN1CCCCCCC1)[SiH](CC)CC. The first-order valence-electron chi connectivity index (χ1n) is 7.18. The van der Waals surface area contributed by atoms with Crippen LogP contribution in [0.15, 0.2) is 11.8 Å². The molecule has 2 heteroatoms. The molecule has 94 valence electrons. The summed E-state index contributed by atoms with van der Waals surface area (Å²) < 4.78 is 0. The van der Waals surface area contributed by atoms with Gasteiger partial charge >= 0.3 is 0 Å². The van der Waals surface area contributed by atoms with Gasteiger partial charge in [0, 0.05) is 6.54 Å². The van der Waals surface area contributed by atoms with Crippen molar-refractivity contribution in [3.63, 3.8) is 0 Å². The molecule has 0 aliphatic carbocycles. The standard InChI is InChI=1S/C14H29NSi/c1-4-16(5-2)14(3)13-15-11-9-7-6-8-10-12-15/h16H,3-13H2,1-2H3. The van der Waals surface area contributed by atoms with E-state index in [4.69, 9.17) is 0 Å². The average molecular weight is 239 g/mol. The van der Waals surface area contributed by atoms with Crippen LogP contribution in [0, 0.1) is 0 Å². The number of likely N-dealkylation sites (tertiary alicyclic amines) is 1. The molecule has 1 aliphatic rings. The van der Waals surface area contributed by atoms with Crippen molar-refractivity contribution in [2.45, 2.75) is 58.0 Å². The molecule has 0 N–H and O–H groups in total. The molecule has 0 radical (unpaired) electrons. The first-order valence-corrected chi connectivity index (χ1v) is 9.39. The highest BCUT2D eigenvalue weighted by Gasteiger charge is 2.14. The lowest BCUT2D eigenvalue weighted by Crippen LogP contribution is -2.32. The molecule has 0 aromatic carbocycles. The predicted molar refractivity (Wildman–Crippen MR) is 76.8 cm³/mol. The number of hydrogen-bond acceptors (Lipinski definition) is 1. The number of rotatable bonds is 5. The summed E-state index contributed by atoms with van der Waals surface area (Å²) in [5, 5.41) is 1.60. The third-order valence-corrected chi connectivity index (χ3v) is 7.25. The van der Waals surface area contributed by atoms with Crippen LogP contribution in [0.4, 0.5) is 0 Å². The monoisotopic (exact) mass is 239 g/mol. The van der Waals surface area contributed by atoms with Gasteiger partial charge in [0.25, 0.3) is 0 Å². The Labute approximate surface area is 104 Å². The van der Waals surface area contributed by atoms with E-state index in [0.717, 1.165) is 0 Å². The highest BCUT2D eigenvalue weighted by Crippen LogP contribution is 2.14. The summed E-state index contributed by atoms with van der Waals surface area (Å²) in [6.07, 6.45) is 7.13. The van der Waals surface area contributed by atoms with Gasteiger partial charge in [0.1, 0.15) is 0 Å². The maximum Gasteiger partial charge on any atom is 0.0660 e. The summed E-state index contributed by atoms with van der Waals surface area (Å²) in [4.78, 5) is 2.66. The van der Waals surface area contributed by atoms with Crippen molar-refractivity contribution in [2.24, 2.45) is 0 Å². The van der Waals surface area contributed by atoms with Gasteiger partial charge < -0.3 is 0 Å². The Morgan fingerprint density at radius 1 is 1.00 bits per heavy atom. The van der Waals surface area contributed by atoms with E-state index in [2.05, 4.69) is 25.3 Å². The minimum Gasteiger partial charge on any atom is -0.300 e. The van der Waals surface area contributed by atoms with E-state index in [1.807, 2.05) is 0 Å². The van der Waals surface area contributed by atoms with Crippen LogP contribution in [0.3, 0.4) is 0 Å². The third kappa shape index (κ3) is 4.83. The Hall–Kier alpha value is -0.0831. The summed E-state index contributed by atoms with van der Waals surface area (Å²) >= 11 is 0. The van der Waals surface area contributed by atoms with E-state index in [0.29, 0.717) is 0 Å². The molecule has 0 bridgehead atoms. The van der Waals surface area contributed by atoms with Gasteiger partial charge in [-0.15, -0.1) is 6.58 Å². The minimum absolute atomic E-state index is 0.619. The molecule has 0 amide bonds. The second-order valence-corrected chi connectivity index (χ2v) is 9.06. The second-order valence-electron chi connectivity index (χ2n) is 5.22. The van der Waals surface area contributed by atoms with Gasteiger partial charge in [0.15, 0.2) is 0 Å². The molecule has 0 spiro atoms. The smallest absolute Gasteiger partial charge is 0.0660 e. The van der Waals surface area contributed by atoms with Crippen LogP contribution in [-0.2, 0) is 0 Å². The zero-order chi connectivity index (χ0) is 11.8. The summed E-state index contributed by atoms with van der Waals surface area (Å²) in [6, 6.07) is 2.78. The van der Waals surface area contributed by atoms with Gasteiger partial charge in [-0.2, -0.15) is 0 Å². The van der Waals surface area contributed by atoms with E-state index in [-0.39, 0.29) is 0 Å². The van der Waals surface area contributed by atoms with E-state index >= 15 is 0 Å². The topological polar surface area (TPSA) is 3.24 Å². The van der Waals surface area contributed by atoms with Crippen LogP contribution < -0.4 is 0 Å². The largest absolute Gasteiger partial charge is 0.300 e. The summed E-state index contributed by atoms with van der Waals surface area (Å²) in [5.74, 6) is 0. The summed E-state index contributed by atoms with van der Waals surface area (Å²) in [5.41, 5.74) is 0. The Morgan fingerprint density at radius 2 is 1.50 bits per heavy atom. The molecule has 16 heavy (non-hydrogen) atoms. The Kier molecular flexibility index (Phi) is 7.05. The van der Waals surface area contributed by atoms with Crippen molar-refractivity contribution in [2.75, 3.05) is 19.6 Å². The van der Waals surface area contributed by atoms with Gasteiger partial charge in [0.2, 0.25) is 0 Å². The van der Waals surface area contributed by atoms with Crippen molar-refractivity contribution in [1.82, 2.24) is 4.90 Å². The Morgan fingerprint density at radius 3 is 2.00 bits per heavy atom. The lowest BCUT2D eigenvalue weighted by molar-refractivity contribution is 0.269. The first-order chi connectivity index (χ1) is 7.77. The van der Waals surface area contributed by atoms with Gasteiger partial charge in [0.05, 0.1) is 8.80 Å². The number of nitrogens with zero attached hydrogens (tertiary/aromatic N) is 1. The predicted octanol–water partition coefficient (Wildman–Crippen LogP) is 3.61. The van der Waals surface area contributed by atoms with Crippen molar-refractivity contribution in [1.29, 1.82) is 0 Å². The Bertz CT molecular complexity index is 191. The van der Waals surface area contributed by atoms with Crippen LogP contribution in [0.5, 0.6) is 0 Å². The Balaban J connectivity index is 2.35. The zero-order valence-electron chi connectivity index (χ0n) is 11.3. The van der Waals surface area contributed by atoms with Crippen LogP contribution in [-0.4, -0.2) is 33.3 Å². The fraction of sp³-hybridized carbons (Fsp3) is 0.857. The summed E-state index contributed by atoms with van der Waals surface area (Å²) in [6.45, 7) is 12.9. The first kappa shape index (κ1) is 14.0. The van der Waals surface area contributed by atoms with Gasteiger partial charge in [-0.3, -0.25) is 4.90 Å². The quantitative estimate of drug-likeness (QED) is 0.663. The summed E-state index contributed by atoms with van der Waals surface area (Å²) in [7, 11) is -0.619. The second kappa shape index (κ2) is 8.07. The van der Waals surface area contributed by atoms with Crippen LogP contribution in [0.25, 0.3) is 0 Å². The molecule has 1 heterocycles. The lowest BCUT2D eigenvalue weighted by atomic mass is 10.1. The highest BCUT2D eigenvalue weighted by atomic mass is 28.3.